The standard InChI is InChI=1S/C30H33N5O2S/c1-4-10-31-29(37)22-8-9-27(25(15-22)33-30(38)32-24-12-19(2)11-20(3)13-24)34-16-21-14-23(18-34)26-6-5-7-28(36)35(26)17-21/h4-9,11-13,15,21,23H,1,10,14,16-18H2,2-3H3,(H,31,37)(H2,32,33,38)/t21-,23+/m1/s1. The van der Waals surface area contributed by atoms with Crippen LogP contribution in [0.15, 0.2) is 72.0 Å². The van der Waals surface area contributed by atoms with Gasteiger partial charge < -0.3 is 25.4 Å². The van der Waals surface area contributed by atoms with Gasteiger partial charge in [-0.2, -0.15) is 0 Å². The van der Waals surface area contributed by atoms with Gasteiger partial charge in [-0.15, -0.1) is 6.58 Å². The number of rotatable bonds is 6. The second-order valence-corrected chi connectivity index (χ2v) is 10.7. The molecule has 38 heavy (non-hydrogen) atoms. The summed E-state index contributed by atoms with van der Waals surface area (Å²) in [7, 11) is 0. The SMILES string of the molecule is C=CCNC(=O)c1ccc(N2C[C@H]3C[C@@H](C2)c2cccc(=O)n2C3)c(NC(=S)Nc2cc(C)cc(C)c2)c1. The van der Waals surface area contributed by atoms with Crippen LogP contribution in [0.3, 0.4) is 0 Å². The number of nitrogens with zero attached hydrogens (tertiary/aromatic N) is 2. The summed E-state index contributed by atoms with van der Waals surface area (Å²) < 4.78 is 1.94. The molecule has 3 N–H and O–H groups in total. The Morgan fingerprint density at radius 1 is 1.05 bits per heavy atom. The smallest absolute Gasteiger partial charge is 0.251 e. The number of thiocarbonyl (C=S) groups is 1. The molecule has 2 atom stereocenters. The first-order chi connectivity index (χ1) is 18.3. The highest BCUT2D eigenvalue weighted by Gasteiger charge is 2.35. The zero-order valence-electron chi connectivity index (χ0n) is 21.8. The third-order valence-electron chi connectivity index (χ3n) is 7.21. The lowest BCUT2D eigenvalue weighted by atomic mass is 9.83. The highest BCUT2D eigenvalue weighted by molar-refractivity contribution is 7.80. The Kier molecular flexibility index (Phi) is 7.33. The van der Waals surface area contributed by atoms with E-state index < -0.39 is 0 Å². The molecule has 0 radical (unpaired) electrons. The molecule has 0 spiro atoms. The third-order valence-corrected chi connectivity index (χ3v) is 7.42. The maximum atomic E-state index is 12.7. The molecule has 8 heteroatoms. The molecule has 0 aliphatic carbocycles. The molecule has 196 valence electrons. The number of hydrogen-bond donors (Lipinski definition) is 3. The zero-order valence-corrected chi connectivity index (χ0v) is 22.6. The molecule has 2 aromatic carbocycles. The van der Waals surface area contributed by atoms with E-state index in [1.165, 1.54) is 0 Å². The Morgan fingerprint density at radius 2 is 1.84 bits per heavy atom. The first-order valence-electron chi connectivity index (χ1n) is 12.9. The van der Waals surface area contributed by atoms with Crippen LogP contribution in [-0.2, 0) is 6.54 Å². The summed E-state index contributed by atoms with van der Waals surface area (Å²) in [5.41, 5.74) is 6.68. The van der Waals surface area contributed by atoms with Crippen LogP contribution in [-0.4, -0.2) is 35.2 Å². The number of nitrogens with one attached hydrogen (secondary N) is 3. The average molecular weight is 528 g/mol. The van der Waals surface area contributed by atoms with Crippen LogP contribution in [0, 0.1) is 19.8 Å². The number of carbonyl (C=O) groups excluding carboxylic acids is 1. The van der Waals surface area contributed by atoms with Crippen LogP contribution < -0.4 is 26.4 Å². The number of aryl methyl sites for hydroxylation is 2. The van der Waals surface area contributed by atoms with Gasteiger partial charge in [0, 0.05) is 55.1 Å². The topological polar surface area (TPSA) is 78.4 Å². The summed E-state index contributed by atoms with van der Waals surface area (Å²) in [5.74, 6) is 0.460. The van der Waals surface area contributed by atoms with E-state index in [2.05, 4.69) is 53.4 Å². The molecule has 1 fully saturated rings. The number of pyridine rings is 1. The number of carbonyl (C=O) groups is 1. The number of piperidine rings is 1. The van der Waals surface area contributed by atoms with Gasteiger partial charge >= 0.3 is 0 Å². The van der Waals surface area contributed by atoms with Crippen molar-refractivity contribution in [2.75, 3.05) is 35.2 Å². The maximum Gasteiger partial charge on any atom is 0.251 e. The van der Waals surface area contributed by atoms with Crippen LogP contribution in [0.2, 0.25) is 0 Å². The lowest BCUT2D eigenvalue weighted by Gasteiger charge is -2.44. The van der Waals surface area contributed by atoms with E-state index >= 15 is 0 Å². The minimum absolute atomic E-state index is 0.0747. The predicted molar refractivity (Wildman–Crippen MR) is 158 cm³/mol. The summed E-state index contributed by atoms with van der Waals surface area (Å²) in [6.07, 6.45) is 2.72. The first-order valence-corrected chi connectivity index (χ1v) is 13.4. The van der Waals surface area contributed by atoms with E-state index in [-0.39, 0.29) is 17.4 Å². The van der Waals surface area contributed by atoms with Gasteiger partial charge in [-0.25, -0.2) is 0 Å². The van der Waals surface area contributed by atoms with Crippen molar-refractivity contribution in [3.8, 4) is 0 Å². The van der Waals surface area contributed by atoms with E-state index in [1.54, 1.807) is 12.1 Å². The minimum atomic E-state index is -0.170. The van der Waals surface area contributed by atoms with Crippen molar-refractivity contribution in [2.24, 2.45) is 5.92 Å². The van der Waals surface area contributed by atoms with E-state index in [4.69, 9.17) is 12.2 Å². The molecule has 2 aliphatic rings. The Balaban J connectivity index is 1.44. The Labute approximate surface area is 228 Å². The molecule has 3 heterocycles. The van der Waals surface area contributed by atoms with Gasteiger partial charge in [-0.3, -0.25) is 9.59 Å². The van der Waals surface area contributed by atoms with Gasteiger partial charge in [0.2, 0.25) is 0 Å². The van der Waals surface area contributed by atoms with E-state index in [1.807, 2.05) is 41.0 Å². The lowest BCUT2D eigenvalue weighted by Crippen LogP contribution is -2.47. The van der Waals surface area contributed by atoms with Crippen molar-refractivity contribution in [2.45, 2.75) is 32.7 Å². The summed E-state index contributed by atoms with van der Waals surface area (Å²) >= 11 is 5.70. The quantitative estimate of drug-likeness (QED) is 0.315. The van der Waals surface area contributed by atoms with Gasteiger partial charge in [0.15, 0.2) is 5.11 Å². The molecule has 2 bridgehead atoms. The van der Waals surface area contributed by atoms with Crippen LogP contribution >= 0.6 is 12.2 Å². The van der Waals surface area contributed by atoms with Crippen molar-refractivity contribution >= 4 is 40.3 Å². The number of amides is 1. The molecule has 1 saturated heterocycles. The second kappa shape index (κ2) is 10.8. The molecule has 1 aromatic heterocycles. The number of benzene rings is 2. The minimum Gasteiger partial charge on any atom is -0.369 e. The Bertz CT molecular complexity index is 1440. The zero-order chi connectivity index (χ0) is 26.8. The number of fused-ring (bicyclic) bond motifs is 4. The molecule has 0 unspecified atom stereocenters. The van der Waals surface area contributed by atoms with Crippen LogP contribution in [0.25, 0.3) is 0 Å². The highest BCUT2D eigenvalue weighted by Crippen LogP contribution is 2.39. The first kappa shape index (κ1) is 25.7. The molecular weight excluding hydrogens is 494 g/mol. The van der Waals surface area contributed by atoms with Gasteiger partial charge in [0.25, 0.3) is 11.5 Å². The fraction of sp³-hybridized carbons (Fsp3) is 0.300. The number of hydrogen-bond acceptors (Lipinski definition) is 4. The summed E-state index contributed by atoms with van der Waals surface area (Å²) in [6.45, 7) is 10.5. The lowest BCUT2D eigenvalue weighted by molar-refractivity contribution is 0.0958. The van der Waals surface area contributed by atoms with Gasteiger partial charge in [-0.1, -0.05) is 18.2 Å². The number of aromatic nitrogens is 1. The fourth-order valence-electron chi connectivity index (χ4n) is 5.74. The van der Waals surface area contributed by atoms with Gasteiger partial charge in [0.05, 0.1) is 11.4 Å². The molecule has 5 rings (SSSR count). The van der Waals surface area contributed by atoms with E-state index in [0.717, 1.165) is 59.9 Å². The van der Waals surface area contributed by atoms with E-state index in [0.29, 0.717) is 23.1 Å². The van der Waals surface area contributed by atoms with Crippen LogP contribution in [0.5, 0.6) is 0 Å². The molecule has 3 aromatic rings. The van der Waals surface area contributed by atoms with Crippen LogP contribution in [0.1, 0.15) is 39.5 Å². The Morgan fingerprint density at radius 3 is 2.61 bits per heavy atom. The normalized spacial score (nSPS) is 17.8. The van der Waals surface area contributed by atoms with Gasteiger partial charge in [0.1, 0.15) is 0 Å². The summed E-state index contributed by atoms with van der Waals surface area (Å²) in [5, 5.41) is 9.96. The molecule has 1 amide bonds. The highest BCUT2D eigenvalue weighted by atomic mass is 32.1. The predicted octanol–water partition coefficient (Wildman–Crippen LogP) is 4.81. The largest absolute Gasteiger partial charge is 0.369 e. The van der Waals surface area contributed by atoms with Crippen molar-refractivity contribution in [3.05, 3.63) is 100.0 Å². The summed E-state index contributed by atoms with van der Waals surface area (Å²) in [4.78, 5) is 27.6. The molecule has 0 saturated carbocycles. The molecular formula is C30H33N5O2S. The van der Waals surface area contributed by atoms with Crippen molar-refractivity contribution in [3.63, 3.8) is 0 Å². The fourth-order valence-corrected chi connectivity index (χ4v) is 5.97. The molecule has 2 aliphatic heterocycles. The van der Waals surface area contributed by atoms with Crippen LogP contribution in [0.4, 0.5) is 17.1 Å². The number of anilines is 3. The van der Waals surface area contributed by atoms with Crippen molar-refractivity contribution in [1.82, 2.24) is 9.88 Å². The average Bonchev–Trinajstić information content (AvgIpc) is 2.87. The van der Waals surface area contributed by atoms with Crippen molar-refractivity contribution < 1.29 is 4.79 Å². The Hall–Kier alpha value is -3.91. The third kappa shape index (κ3) is 5.50. The second-order valence-electron chi connectivity index (χ2n) is 10.3. The van der Waals surface area contributed by atoms with Gasteiger partial charge in [-0.05, 0) is 85.9 Å². The molecule has 7 nitrogen and oxygen atoms in total. The van der Waals surface area contributed by atoms with E-state index in [9.17, 15) is 9.59 Å². The van der Waals surface area contributed by atoms with Crippen molar-refractivity contribution in [1.29, 1.82) is 0 Å². The summed E-state index contributed by atoms with van der Waals surface area (Å²) in [6, 6.07) is 17.5. The monoisotopic (exact) mass is 527 g/mol. The maximum absolute atomic E-state index is 12.7.